The molecule has 1 amide bonds. The summed E-state index contributed by atoms with van der Waals surface area (Å²) in [4.78, 5) is 27.7. The average Bonchev–Trinajstić information content (AvgIpc) is 2.90. The van der Waals surface area contributed by atoms with Gasteiger partial charge in [0.2, 0.25) is 5.76 Å². The van der Waals surface area contributed by atoms with Crippen molar-refractivity contribution < 1.29 is 14.3 Å². The number of benzene rings is 2. The standard InChI is InChI=1S/C21H19NO4/c1-12-10-13(2)19-15(11-12)18(24)16-17(14-6-4-3-5-7-14)22(8-9-23)21(25)20(16)26-19/h3-7,10-11,17,23H,8-9H2,1-2H3. The van der Waals surface area contributed by atoms with Crippen LogP contribution in [-0.4, -0.2) is 29.1 Å². The first-order chi connectivity index (χ1) is 12.5. The van der Waals surface area contributed by atoms with Gasteiger partial charge in [0.05, 0.1) is 23.6 Å². The molecule has 1 aliphatic heterocycles. The molecule has 5 nitrogen and oxygen atoms in total. The molecular weight excluding hydrogens is 330 g/mol. The highest BCUT2D eigenvalue weighted by Gasteiger charge is 2.42. The molecule has 26 heavy (non-hydrogen) atoms. The van der Waals surface area contributed by atoms with Crippen LogP contribution in [0.3, 0.4) is 0 Å². The van der Waals surface area contributed by atoms with E-state index in [1.807, 2.05) is 50.2 Å². The molecule has 0 bridgehead atoms. The SMILES string of the molecule is Cc1cc(C)c2oc3c(c(=O)c2c1)C(c1ccccc1)N(CCO)C3=O. The lowest BCUT2D eigenvalue weighted by molar-refractivity contribution is 0.0691. The van der Waals surface area contributed by atoms with Crippen molar-refractivity contribution in [3.63, 3.8) is 0 Å². The molecule has 4 rings (SSSR count). The van der Waals surface area contributed by atoms with Crippen molar-refractivity contribution in [2.24, 2.45) is 0 Å². The molecule has 1 aromatic heterocycles. The van der Waals surface area contributed by atoms with Crippen LogP contribution in [0, 0.1) is 13.8 Å². The summed E-state index contributed by atoms with van der Waals surface area (Å²) >= 11 is 0. The molecule has 0 radical (unpaired) electrons. The van der Waals surface area contributed by atoms with Gasteiger partial charge in [-0.1, -0.05) is 36.4 Å². The van der Waals surface area contributed by atoms with Crippen LogP contribution >= 0.6 is 0 Å². The number of hydrogen-bond acceptors (Lipinski definition) is 4. The van der Waals surface area contributed by atoms with Crippen molar-refractivity contribution in [2.75, 3.05) is 13.2 Å². The molecule has 0 spiro atoms. The Morgan fingerprint density at radius 1 is 1.12 bits per heavy atom. The van der Waals surface area contributed by atoms with Crippen LogP contribution in [0.2, 0.25) is 0 Å². The molecular formula is C21H19NO4. The smallest absolute Gasteiger partial charge is 0.290 e. The normalized spacial score (nSPS) is 16.3. The second kappa shape index (κ2) is 6.11. The summed E-state index contributed by atoms with van der Waals surface area (Å²) in [7, 11) is 0. The predicted molar refractivity (Wildman–Crippen MR) is 98.4 cm³/mol. The molecule has 0 saturated carbocycles. The van der Waals surface area contributed by atoms with E-state index in [2.05, 4.69) is 0 Å². The third kappa shape index (κ3) is 2.35. The number of aryl methyl sites for hydroxylation is 2. The summed E-state index contributed by atoms with van der Waals surface area (Å²) in [6.45, 7) is 3.74. The van der Waals surface area contributed by atoms with Crippen LogP contribution < -0.4 is 5.43 Å². The van der Waals surface area contributed by atoms with Gasteiger partial charge in [-0.3, -0.25) is 9.59 Å². The van der Waals surface area contributed by atoms with Crippen molar-refractivity contribution in [3.05, 3.63) is 80.7 Å². The maximum Gasteiger partial charge on any atom is 0.290 e. The number of amides is 1. The topological polar surface area (TPSA) is 70.8 Å². The quantitative estimate of drug-likeness (QED) is 0.789. The maximum atomic E-state index is 13.3. The van der Waals surface area contributed by atoms with Crippen LogP contribution in [0.25, 0.3) is 11.0 Å². The maximum absolute atomic E-state index is 13.3. The van der Waals surface area contributed by atoms with E-state index in [4.69, 9.17) is 4.42 Å². The van der Waals surface area contributed by atoms with Gasteiger partial charge in [-0.05, 0) is 36.6 Å². The second-order valence-corrected chi connectivity index (χ2v) is 6.67. The summed E-state index contributed by atoms with van der Waals surface area (Å²) in [6, 6.07) is 12.6. The fourth-order valence-corrected chi connectivity index (χ4v) is 3.79. The van der Waals surface area contributed by atoms with Crippen molar-refractivity contribution >= 4 is 16.9 Å². The molecule has 0 saturated heterocycles. The van der Waals surface area contributed by atoms with Gasteiger partial charge in [0, 0.05) is 6.54 Å². The second-order valence-electron chi connectivity index (χ2n) is 6.67. The zero-order chi connectivity index (χ0) is 18.4. The minimum absolute atomic E-state index is 0.0803. The molecule has 132 valence electrons. The van der Waals surface area contributed by atoms with E-state index in [9.17, 15) is 14.7 Å². The van der Waals surface area contributed by atoms with Gasteiger partial charge in [0.1, 0.15) is 5.58 Å². The highest BCUT2D eigenvalue weighted by atomic mass is 16.3. The van der Waals surface area contributed by atoms with Gasteiger partial charge < -0.3 is 14.4 Å². The van der Waals surface area contributed by atoms with E-state index < -0.39 is 6.04 Å². The van der Waals surface area contributed by atoms with E-state index in [-0.39, 0.29) is 30.2 Å². The van der Waals surface area contributed by atoms with E-state index in [1.165, 1.54) is 4.90 Å². The van der Waals surface area contributed by atoms with Gasteiger partial charge in [0.25, 0.3) is 5.91 Å². The zero-order valence-corrected chi connectivity index (χ0v) is 14.7. The fraction of sp³-hybridized carbons (Fsp3) is 0.238. The Morgan fingerprint density at radius 2 is 1.85 bits per heavy atom. The number of nitrogens with zero attached hydrogens (tertiary/aromatic N) is 1. The largest absolute Gasteiger partial charge is 0.450 e. The number of aliphatic hydroxyl groups excluding tert-OH is 1. The summed E-state index contributed by atoms with van der Waals surface area (Å²) in [5.41, 5.74) is 3.23. The summed E-state index contributed by atoms with van der Waals surface area (Å²) in [5, 5.41) is 9.91. The Kier molecular flexibility index (Phi) is 3.89. The molecule has 1 unspecified atom stereocenters. The van der Waals surface area contributed by atoms with E-state index in [0.29, 0.717) is 16.5 Å². The molecule has 0 aliphatic carbocycles. The summed E-state index contributed by atoms with van der Waals surface area (Å²) in [6.07, 6.45) is 0. The fourth-order valence-electron chi connectivity index (χ4n) is 3.79. The van der Waals surface area contributed by atoms with Gasteiger partial charge in [-0.15, -0.1) is 0 Å². The van der Waals surface area contributed by atoms with E-state index in [0.717, 1.165) is 16.7 Å². The van der Waals surface area contributed by atoms with Crippen LogP contribution in [0.1, 0.15) is 38.9 Å². The van der Waals surface area contributed by atoms with E-state index in [1.54, 1.807) is 6.07 Å². The molecule has 2 aromatic carbocycles. The van der Waals surface area contributed by atoms with Gasteiger partial charge in [-0.2, -0.15) is 0 Å². The lowest BCUT2D eigenvalue weighted by Crippen LogP contribution is -2.32. The van der Waals surface area contributed by atoms with E-state index >= 15 is 0 Å². The lowest BCUT2D eigenvalue weighted by Gasteiger charge is -2.24. The minimum atomic E-state index is -0.549. The molecule has 2 heterocycles. The summed E-state index contributed by atoms with van der Waals surface area (Å²) < 4.78 is 5.94. The number of fused-ring (bicyclic) bond motifs is 2. The van der Waals surface area contributed by atoms with Crippen LogP contribution in [0.15, 0.2) is 51.7 Å². The van der Waals surface area contributed by atoms with Crippen LogP contribution in [-0.2, 0) is 0 Å². The number of carbonyl (C=O) groups is 1. The molecule has 1 N–H and O–H groups in total. The van der Waals surface area contributed by atoms with Gasteiger partial charge in [-0.25, -0.2) is 0 Å². The Bertz CT molecular complexity index is 1070. The Balaban J connectivity index is 2.06. The van der Waals surface area contributed by atoms with Crippen molar-refractivity contribution in [3.8, 4) is 0 Å². The molecule has 1 aliphatic rings. The average molecular weight is 349 g/mol. The highest BCUT2D eigenvalue weighted by molar-refractivity contribution is 5.99. The Morgan fingerprint density at radius 3 is 2.54 bits per heavy atom. The number of β-amino-alcohol motifs (C(OH)–C–C–N with tert-alkyl or cyclic N) is 1. The monoisotopic (exact) mass is 349 g/mol. The number of hydrogen-bond donors (Lipinski definition) is 1. The number of aliphatic hydroxyl groups is 1. The molecule has 5 heteroatoms. The lowest BCUT2D eigenvalue weighted by atomic mass is 9.97. The minimum Gasteiger partial charge on any atom is -0.450 e. The van der Waals surface area contributed by atoms with Crippen molar-refractivity contribution in [2.45, 2.75) is 19.9 Å². The number of carbonyl (C=O) groups excluding carboxylic acids is 1. The molecule has 0 fully saturated rings. The van der Waals surface area contributed by atoms with Gasteiger partial charge in [0.15, 0.2) is 5.43 Å². The third-order valence-corrected chi connectivity index (χ3v) is 4.85. The first-order valence-electron chi connectivity index (χ1n) is 8.57. The van der Waals surface area contributed by atoms with Gasteiger partial charge >= 0.3 is 0 Å². The zero-order valence-electron chi connectivity index (χ0n) is 14.7. The molecule has 1 atom stereocenters. The van der Waals surface area contributed by atoms with Crippen LogP contribution in [0.5, 0.6) is 0 Å². The predicted octanol–water partition coefficient (Wildman–Crippen LogP) is 2.95. The van der Waals surface area contributed by atoms with Crippen molar-refractivity contribution in [1.29, 1.82) is 0 Å². The molecule has 3 aromatic rings. The summed E-state index contributed by atoms with van der Waals surface area (Å²) in [5.74, 6) is -0.279. The number of rotatable bonds is 3. The first-order valence-corrected chi connectivity index (χ1v) is 8.57. The first kappa shape index (κ1) is 16.5. The Labute approximate surface area is 150 Å². The van der Waals surface area contributed by atoms with Crippen LogP contribution in [0.4, 0.5) is 0 Å². The third-order valence-electron chi connectivity index (χ3n) is 4.85. The van der Waals surface area contributed by atoms with Crippen molar-refractivity contribution in [1.82, 2.24) is 4.90 Å². The Hall–Kier alpha value is -2.92. The highest BCUT2D eigenvalue weighted by Crippen LogP contribution is 2.38.